The lowest BCUT2D eigenvalue weighted by atomic mass is 10.2. The Hall–Kier alpha value is -3.49. The highest BCUT2D eigenvalue weighted by Crippen LogP contribution is 2.35. The van der Waals surface area contributed by atoms with Crippen LogP contribution in [-0.2, 0) is 6.18 Å². The van der Waals surface area contributed by atoms with E-state index in [2.05, 4.69) is 20.6 Å². The minimum atomic E-state index is -4.61. The molecule has 33 heavy (non-hydrogen) atoms. The van der Waals surface area contributed by atoms with Crippen molar-refractivity contribution in [3.05, 3.63) is 60.3 Å². The molecule has 0 radical (unpaired) electrons. The van der Waals surface area contributed by atoms with Gasteiger partial charge in [-0.15, -0.1) is 0 Å². The highest BCUT2D eigenvalue weighted by molar-refractivity contribution is 5.63. The van der Waals surface area contributed by atoms with Gasteiger partial charge in [0.05, 0.1) is 12.7 Å². The van der Waals surface area contributed by atoms with Gasteiger partial charge in [0.15, 0.2) is 0 Å². The number of nitrogens with one attached hydrogen (secondary N) is 2. The Bertz CT molecular complexity index is 1030. The number of benzene rings is 2. The zero-order valence-electron chi connectivity index (χ0n) is 18.7. The van der Waals surface area contributed by atoms with Crippen LogP contribution >= 0.6 is 0 Å². The first-order valence-corrected chi connectivity index (χ1v) is 10.8. The number of halogens is 3. The maximum atomic E-state index is 13.5. The summed E-state index contributed by atoms with van der Waals surface area (Å²) in [6.07, 6.45) is -2.07. The Kier molecular flexibility index (Phi) is 7.97. The standard InChI is InChI=1S/C24H27F3N4O2/c1-4-14-32-19-10-6-18(7-11-19)30-23-28-15-21(24(25,26)27)22(31-23)29-17-8-12-20(13-9-17)33-16(3)5-2/h6-13,15-16H,4-5,14H2,1-3H3,(H2,28,29,30,31). The third-order valence-electron chi connectivity index (χ3n) is 4.71. The molecule has 2 N–H and O–H groups in total. The van der Waals surface area contributed by atoms with E-state index < -0.39 is 11.7 Å². The number of ether oxygens (including phenoxy) is 2. The summed E-state index contributed by atoms with van der Waals surface area (Å²) in [5, 5.41) is 5.67. The van der Waals surface area contributed by atoms with Gasteiger partial charge in [0.25, 0.3) is 0 Å². The van der Waals surface area contributed by atoms with Crippen molar-refractivity contribution in [2.75, 3.05) is 17.2 Å². The second kappa shape index (κ2) is 10.9. The molecule has 176 valence electrons. The second-order valence-electron chi connectivity index (χ2n) is 7.44. The first kappa shape index (κ1) is 24.2. The van der Waals surface area contributed by atoms with E-state index in [4.69, 9.17) is 9.47 Å². The smallest absolute Gasteiger partial charge is 0.421 e. The van der Waals surface area contributed by atoms with Gasteiger partial charge in [0.2, 0.25) is 5.95 Å². The maximum Gasteiger partial charge on any atom is 0.421 e. The first-order valence-electron chi connectivity index (χ1n) is 10.8. The zero-order valence-corrected chi connectivity index (χ0v) is 18.7. The predicted molar refractivity (Wildman–Crippen MR) is 123 cm³/mol. The molecule has 0 aliphatic heterocycles. The number of hydrogen-bond donors (Lipinski definition) is 2. The molecule has 0 saturated heterocycles. The van der Waals surface area contributed by atoms with Gasteiger partial charge in [-0.1, -0.05) is 13.8 Å². The van der Waals surface area contributed by atoms with Crippen molar-refractivity contribution in [2.24, 2.45) is 0 Å². The van der Waals surface area contributed by atoms with Gasteiger partial charge in [-0.05, 0) is 68.3 Å². The van der Waals surface area contributed by atoms with Gasteiger partial charge in [-0.3, -0.25) is 0 Å². The fourth-order valence-corrected chi connectivity index (χ4v) is 2.80. The van der Waals surface area contributed by atoms with Crippen molar-refractivity contribution >= 4 is 23.1 Å². The molecule has 0 amide bonds. The second-order valence-corrected chi connectivity index (χ2v) is 7.44. The van der Waals surface area contributed by atoms with Crippen LogP contribution < -0.4 is 20.1 Å². The SMILES string of the molecule is CCCOc1ccc(Nc2ncc(C(F)(F)F)c(Nc3ccc(OC(C)CC)cc3)n2)cc1. The lowest BCUT2D eigenvalue weighted by Crippen LogP contribution is -2.13. The summed E-state index contributed by atoms with van der Waals surface area (Å²) >= 11 is 0. The van der Waals surface area contributed by atoms with Crippen LogP contribution in [0.15, 0.2) is 54.7 Å². The fraction of sp³-hybridized carbons (Fsp3) is 0.333. The average Bonchev–Trinajstić information content (AvgIpc) is 2.79. The number of aromatic nitrogens is 2. The summed E-state index contributed by atoms with van der Waals surface area (Å²) in [4.78, 5) is 7.91. The number of hydrogen-bond acceptors (Lipinski definition) is 6. The largest absolute Gasteiger partial charge is 0.494 e. The van der Waals surface area contributed by atoms with Crippen LogP contribution in [0.3, 0.4) is 0 Å². The lowest BCUT2D eigenvalue weighted by molar-refractivity contribution is -0.137. The van der Waals surface area contributed by atoms with Gasteiger partial charge in [-0.25, -0.2) is 4.98 Å². The quantitative estimate of drug-likeness (QED) is 0.341. The highest BCUT2D eigenvalue weighted by Gasteiger charge is 2.35. The minimum absolute atomic E-state index is 0.0319. The van der Waals surface area contributed by atoms with E-state index in [-0.39, 0.29) is 17.9 Å². The van der Waals surface area contributed by atoms with E-state index in [0.29, 0.717) is 29.5 Å². The molecule has 0 saturated carbocycles. The molecule has 0 aliphatic carbocycles. The Balaban J connectivity index is 1.79. The van der Waals surface area contributed by atoms with E-state index in [1.54, 1.807) is 48.5 Å². The topological polar surface area (TPSA) is 68.3 Å². The monoisotopic (exact) mass is 460 g/mol. The first-order chi connectivity index (χ1) is 15.8. The predicted octanol–water partition coefficient (Wildman–Crippen LogP) is 6.95. The molecule has 3 rings (SSSR count). The summed E-state index contributed by atoms with van der Waals surface area (Å²) in [6.45, 7) is 6.57. The Morgan fingerprint density at radius 1 is 0.909 bits per heavy atom. The van der Waals surface area contributed by atoms with Gasteiger partial charge in [0, 0.05) is 17.6 Å². The molecule has 0 spiro atoms. The van der Waals surface area contributed by atoms with E-state index >= 15 is 0 Å². The number of rotatable bonds is 10. The van der Waals surface area contributed by atoms with Gasteiger partial charge in [-0.2, -0.15) is 18.2 Å². The van der Waals surface area contributed by atoms with Crippen molar-refractivity contribution < 1.29 is 22.6 Å². The average molecular weight is 461 g/mol. The third kappa shape index (κ3) is 7.00. The molecule has 1 atom stereocenters. The lowest BCUT2D eigenvalue weighted by Gasteiger charge is -2.16. The van der Waals surface area contributed by atoms with Crippen molar-refractivity contribution in [1.29, 1.82) is 0 Å². The van der Waals surface area contributed by atoms with Crippen LogP contribution in [0.2, 0.25) is 0 Å². The van der Waals surface area contributed by atoms with Crippen molar-refractivity contribution in [3.63, 3.8) is 0 Å². The van der Waals surface area contributed by atoms with Crippen LogP contribution in [0.1, 0.15) is 39.2 Å². The molecule has 0 bridgehead atoms. The molecule has 0 fully saturated rings. The number of alkyl halides is 3. The van der Waals surface area contributed by atoms with Crippen molar-refractivity contribution in [3.8, 4) is 11.5 Å². The fourth-order valence-electron chi connectivity index (χ4n) is 2.80. The molecule has 2 aromatic carbocycles. The van der Waals surface area contributed by atoms with E-state index in [1.165, 1.54) is 0 Å². The van der Waals surface area contributed by atoms with Crippen LogP contribution in [0.5, 0.6) is 11.5 Å². The summed E-state index contributed by atoms with van der Waals surface area (Å²) in [5.74, 6) is 1.03. The number of anilines is 4. The van der Waals surface area contributed by atoms with Gasteiger partial charge >= 0.3 is 6.18 Å². The summed E-state index contributed by atoms with van der Waals surface area (Å²) in [6, 6.07) is 13.7. The zero-order chi connectivity index (χ0) is 23.8. The molecule has 1 aromatic heterocycles. The van der Waals surface area contributed by atoms with Gasteiger partial charge < -0.3 is 20.1 Å². The molecule has 1 unspecified atom stereocenters. The maximum absolute atomic E-state index is 13.5. The molecular formula is C24H27F3N4O2. The Morgan fingerprint density at radius 3 is 2.09 bits per heavy atom. The van der Waals surface area contributed by atoms with Crippen molar-refractivity contribution in [2.45, 2.75) is 45.9 Å². The minimum Gasteiger partial charge on any atom is -0.494 e. The third-order valence-corrected chi connectivity index (χ3v) is 4.71. The highest BCUT2D eigenvalue weighted by atomic mass is 19.4. The summed E-state index contributed by atoms with van der Waals surface area (Å²) < 4.78 is 51.8. The van der Waals surface area contributed by atoms with E-state index in [0.717, 1.165) is 19.0 Å². The molecule has 0 aliphatic rings. The van der Waals surface area contributed by atoms with Gasteiger partial charge in [0.1, 0.15) is 22.9 Å². The normalized spacial score (nSPS) is 12.2. The van der Waals surface area contributed by atoms with E-state index in [1.807, 2.05) is 20.8 Å². The summed E-state index contributed by atoms with van der Waals surface area (Å²) in [5.41, 5.74) is 0.103. The molecular weight excluding hydrogens is 433 g/mol. The summed E-state index contributed by atoms with van der Waals surface area (Å²) in [7, 11) is 0. The van der Waals surface area contributed by atoms with Crippen LogP contribution in [0.4, 0.5) is 36.3 Å². The molecule has 9 heteroatoms. The number of nitrogens with zero attached hydrogens (tertiary/aromatic N) is 2. The molecule has 1 heterocycles. The Morgan fingerprint density at radius 2 is 1.52 bits per heavy atom. The van der Waals surface area contributed by atoms with Crippen LogP contribution in [-0.4, -0.2) is 22.7 Å². The van der Waals surface area contributed by atoms with E-state index in [9.17, 15) is 13.2 Å². The molecule has 6 nitrogen and oxygen atoms in total. The Labute approximate surface area is 191 Å². The molecule has 3 aromatic rings. The van der Waals surface area contributed by atoms with Crippen LogP contribution in [0, 0.1) is 0 Å². The van der Waals surface area contributed by atoms with Crippen molar-refractivity contribution in [1.82, 2.24) is 9.97 Å². The van der Waals surface area contributed by atoms with Crippen LogP contribution in [0.25, 0.3) is 0 Å².